The molecule has 0 bridgehead atoms. The van der Waals surface area contributed by atoms with Crippen molar-refractivity contribution in [2.75, 3.05) is 5.73 Å². The first-order valence-electron chi connectivity index (χ1n) is 5.61. The maximum absolute atomic E-state index is 5.69. The van der Waals surface area contributed by atoms with Crippen LogP contribution < -0.4 is 5.73 Å². The summed E-state index contributed by atoms with van der Waals surface area (Å²) >= 11 is 0. The van der Waals surface area contributed by atoms with Gasteiger partial charge in [-0.3, -0.25) is 4.68 Å². The lowest BCUT2D eigenvalue weighted by atomic mass is 9.83. The van der Waals surface area contributed by atoms with E-state index in [9.17, 15) is 0 Å². The molecular formula is C11H19N3. The van der Waals surface area contributed by atoms with Gasteiger partial charge in [-0.05, 0) is 18.8 Å². The molecule has 2 rings (SSSR count). The predicted octanol–water partition coefficient (Wildman–Crippen LogP) is 2.61. The minimum absolute atomic E-state index is 0.589. The molecule has 2 unspecified atom stereocenters. The third-order valence-electron chi connectivity index (χ3n) is 3.35. The predicted molar refractivity (Wildman–Crippen MR) is 57.9 cm³/mol. The molecule has 1 saturated carbocycles. The van der Waals surface area contributed by atoms with Gasteiger partial charge in [0.2, 0.25) is 0 Å². The van der Waals surface area contributed by atoms with Gasteiger partial charge in [0.15, 0.2) is 0 Å². The first-order valence-corrected chi connectivity index (χ1v) is 5.61. The summed E-state index contributed by atoms with van der Waals surface area (Å²) in [5, 5.41) is 4.33. The zero-order chi connectivity index (χ0) is 9.97. The second-order valence-corrected chi connectivity index (χ2v) is 4.27. The Morgan fingerprint density at radius 2 is 2.29 bits per heavy atom. The van der Waals surface area contributed by atoms with Crippen molar-refractivity contribution in [1.82, 2.24) is 9.78 Å². The molecule has 14 heavy (non-hydrogen) atoms. The van der Waals surface area contributed by atoms with Crippen molar-refractivity contribution in [3.8, 4) is 0 Å². The van der Waals surface area contributed by atoms with Gasteiger partial charge in [-0.15, -0.1) is 0 Å². The minimum Gasteiger partial charge on any atom is -0.396 e. The molecule has 0 radical (unpaired) electrons. The Morgan fingerprint density at radius 3 is 2.93 bits per heavy atom. The normalized spacial score (nSPS) is 27.8. The summed E-state index contributed by atoms with van der Waals surface area (Å²) in [5.41, 5.74) is 6.47. The van der Waals surface area contributed by atoms with E-state index in [2.05, 4.69) is 16.7 Å². The van der Waals surface area contributed by atoms with E-state index >= 15 is 0 Å². The van der Waals surface area contributed by atoms with Gasteiger partial charge < -0.3 is 5.73 Å². The van der Waals surface area contributed by atoms with Crippen LogP contribution in [0.2, 0.25) is 0 Å². The molecule has 1 aromatic heterocycles. The Balaban J connectivity index is 2.14. The number of hydrogen-bond donors (Lipinski definition) is 1. The highest BCUT2D eigenvalue weighted by atomic mass is 15.3. The van der Waals surface area contributed by atoms with Crippen molar-refractivity contribution < 1.29 is 0 Å². The highest BCUT2D eigenvalue weighted by molar-refractivity contribution is 5.30. The summed E-state index contributed by atoms with van der Waals surface area (Å²) in [7, 11) is 0. The quantitative estimate of drug-likeness (QED) is 0.784. The second kappa shape index (κ2) is 4.03. The Morgan fingerprint density at radius 1 is 1.50 bits per heavy atom. The van der Waals surface area contributed by atoms with Crippen LogP contribution >= 0.6 is 0 Å². The van der Waals surface area contributed by atoms with Gasteiger partial charge in [0.05, 0.1) is 17.9 Å². The Kier molecular flexibility index (Phi) is 2.75. The summed E-state index contributed by atoms with van der Waals surface area (Å²) in [6, 6.07) is 0.589. The molecule has 1 aliphatic carbocycles. The van der Waals surface area contributed by atoms with Crippen molar-refractivity contribution in [2.45, 2.75) is 45.1 Å². The van der Waals surface area contributed by atoms with Crippen molar-refractivity contribution >= 4 is 5.69 Å². The number of nitrogens with zero attached hydrogens (tertiary/aromatic N) is 2. The molecule has 0 spiro atoms. The van der Waals surface area contributed by atoms with Crippen LogP contribution in [0.1, 0.15) is 45.1 Å². The molecule has 2 N–H and O–H groups in total. The fourth-order valence-corrected chi connectivity index (χ4v) is 2.55. The number of hydrogen-bond acceptors (Lipinski definition) is 2. The standard InChI is InChI=1S/C11H19N3/c1-2-9-5-3-4-6-11(9)14-8-10(12)7-13-14/h7-9,11H,2-6,12H2,1H3. The minimum atomic E-state index is 0.589. The van der Waals surface area contributed by atoms with Crippen LogP contribution in [-0.4, -0.2) is 9.78 Å². The van der Waals surface area contributed by atoms with Crippen molar-refractivity contribution in [1.29, 1.82) is 0 Å². The maximum Gasteiger partial charge on any atom is 0.0719 e. The average molecular weight is 193 g/mol. The number of anilines is 1. The molecule has 1 heterocycles. The molecule has 0 aromatic carbocycles. The van der Waals surface area contributed by atoms with E-state index in [4.69, 9.17) is 5.73 Å². The summed E-state index contributed by atoms with van der Waals surface area (Å²) in [4.78, 5) is 0. The largest absolute Gasteiger partial charge is 0.396 e. The zero-order valence-electron chi connectivity index (χ0n) is 8.82. The smallest absolute Gasteiger partial charge is 0.0719 e. The van der Waals surface area contributed by atoms with E-state index < -0.39 is 0 Å². The lowest BCUT2D eigenvalue weighted by Crippen LogP contribution is -2.23. The van der Waals surface area contributed by atoms with E-state index in [1.165, 1.54) is 32.1 Å². The third kappa shape index (κ3) is 1.76. The van der Waals surface area contributed by atoms with E-state index in [-0.39, 0.29) is 0 Å². The van der Waals surface area contributed by atoms with E-state index in [0.717, 1.165) is 11.6 Å². The van der Waals surface area contributed by atoms with Crippen molar-refractivity contribution in [2.24, 2.45) is 5.92 Å². The van der Waals surface area contributed by atoms with E-state index in [1.54, 1.807) is 6.20 Å². The lowest BCUT2D eigenvalue weighted by Gasteiger charge is -2.30. The van der Waals surface area contributed by atoms with Crippen LogP contribution in [0.3, 0.4) is 0 Å². The van der Waals surface area contributed by atoms with Crippen LogP contribution in [-0.2, 0) is 0 Å². The van der Waals surface area contributed by atoms with Gasteiger partial charge in [0.1, 0.15) is 0 Å². The molecule has 3 heteroatoms. The highest BCUT2D eigenvalue weighted by Gasteiger charge is 2.25. The van der Waals surface area contributed by atoms with Gasteiger partial charge in [-0.25, -0.2) is 0 Å². The topological polar surface area (TPSA) is 43.8 Å². The number of aromatic nitrogens is 2. The van der Waals surface area contributed by atoms with Gasteiger partial charge in [-0.1, -0.05) is 26.2 Å². The first-order chi connectivity index (χ1) is 6.81. The van der Waals surface area contributed by atoms with Gasteiger partial charge >= 0.3 is 0 Å². The lowest BCUT2D eigenvalue weighted by molar-refractivity contribution is 0.217. The Labute approximate surface area is 85.3 Å². The van der Waals surface area contributed by atoms with Crippen LogP contribution in [0, 0.1) is 5.92 Å². The molecule has 0 saturated heterocycles. The van der Waals surface area contributed by atoms with Crippen molar-refractivity contribution in [3.05, 3.63) is 12.4 Å². The number of nitrogen functional groups attached to an aromatic ring is 1. The molecule has 3 nitrogen and oxygen atoms in total. The maximum atomic E-state index is 5.69. The Bertz CT molecular complexity index is 292. The van der Waals surface area contributed by atoms with Gasteiger partial charge in [0, 0.05) is 6.20 Å². The molecular weight excluding hydrogens is 174 g/mol. The third-order valence-corrected chi connectivity index (χ3v) is 3.35. The number of rotatable bonds is 2. The van der Waals surface area contributed by atoms with E-state index in [1.807, 2.05) is 6.20 Å². The zero-order valence-corrected chi connectivity index (χ0v) is 8.82. The van der Waals surface area contributed by atoms with Crippen LogP contribution in [0.5, 0.6) is 0 Å². The molecule has 1 fully saturated rings. The van der Waals surface area contributed by atoms with Gasteiger partial charge in [-0.2, -0.15) is 5.10 Å². The van der Waals surface area contributed by atoms with Crippen molar-refractivity contribution in [3.63, 3.8) is 0 Å². The monoisotopic (exact) mass is 193 g/mol. The van der Waals surface area contributed by atoms with Crippen LogP contribution in [0.25, 0.3) is 0 Å². The van der Waals surface area contributed by atoms with Crippen LogP contribution in [0.4, 0.5) is 5.69 Å². The average Bonchev–Trinajstić information content (AvgIpc) is 2.65. The Hall–Kier alpha value is -0.990. The fraction of sp³-hybridized carbons (Fsp3) is 0.727. The molecule has 0 amide bonds. The first kappa shape index (κ1) is 9.56. The summed E-state index contributed by atoms with van der Waals surface area (Å²) < 4.78 is 2.07. The molecule has 78 valence electrons. The number of nitrogens with two attached hydrogens (primary N) is 1. The summed E-state index contributed by atoms with van der Waals surface area (Å²) in [6.45, 7) is 2.27. The highest BCUT2D eigenvalue weighted by Crippen LogP contribution is 2.35. The van der Waals surface area contributed by atoms with E-state index in [0.29, 0.717) is 6.04 Å². The fourth-order valence-electron chi connectivity index (χ4n) is 2.55. The molecule has 0 aliphatic heterocycles. The second-order valence-electron chi connectivity index (χ2n) is 4.27. The van der Waals surface area contributed by atoms with Gasteiger partial charge in [0.25, 0.3) is 0 Å². The molecule has 1 aromatic rings. The SMILES string of the molecule is CCC1CCCCC1n1cc(N)cn1. The van der Waals surface area contributed by atoms with Crippen LogP contribution in [0.15, 0.2) is 12.4 Å². The summed E-state index contributed by atoms with van der Waals surface area (Å²) in [5.74, 6) is 0.794. The molecule has 1 aliphatic rings. The summed E-state index contributed by atoms with van der Waals surface area (Å²) in [6.07, 6.45) is 10.3. The molecule has 2 atom stereocenters.